The zero-order chi connectivity index (χ0) is 10.7. The quantitative estimate of drug-likeness (QED) is 0.430. The predicted molar refractivity (Wildman–Crippen MR) is 59.3 cm³/mol. The van der Waals surface area contributed by atoms with E-state index in [9.17, 15) is 4.79 Å². The number of para-hydroxylation sites is 1. The number of nitrogens with two attached hydrogens (primary N) is 1. The molecule has 1 heterocycles. The summed E-state index contributed by atoms with van der Waals surface area (Å²) in [5, 5.41) is 1.21. The van der Waals surface area contributed by atoms with Gasteiger partial charge in [0.2, 0.25) is 0 Å². The molecule has 2 amide bonds. The Kier molecular flexibility index (Phi) is 2.87. The standard InChI is InChI=1S/C11H15N3O/c12-14(10-6-2-1-3-7-10)11(15)13-8-4-5-9-13/h1-3,6-7H,4-5,8-9,12H2. The minimum atomic E-state index is -0.112. The van der Waals surface area contributed by atoms with Gasteiger partial charge in [-0.1, -0.05) is 18.2 Å². The Hall–Kier alpha value is -1.55. The number of amides is 2. The Morgan fingerprint density at radius 2 is 1.80 bits per heavy atom. The molecule has 1 aromatic rings. The van der Waals surface area contributed by atoms with Crippen molar-refractivity contribution in [1.29, 1.82) is 0 Å². The van der Waals surface area contributed by atoms with Crippen molar-refractivity contribution in [2.24, 2.45) is 5.84 Å². The Labute approximate surface area is 89.2 Å². The first-order valence-corrected chi connectivity index (χ1v) is 5.18. The summed E-state index contributed by atoms with van der Waals surface area (Å²) in [5.74, 6) is 5.76. The molecule has 0 unspecified atom stereocenters. The SMILES string of the molecule is NN(C(=O)N1CCCC1)c1ccccc1. The average molecular weight is 205 g/mol. The number of urea groups is 1. The molecule has 4 heteroatoms. The smallest absolute Gasteiger partial charge is 0.323 e. The van der Waals surface area contributed by atoms with Gasteiger partial charge in [0.15, 0.2) is 0 Å². The van der Waals surface area contributed by atoms with Gasteiger partial charge in [0.05, 0.1) is 5.69 Å². The lowest BCUT2D eigenvalue weighted by Crippen LogP contribution is -2.46. The highest BCUT2D eigenvalue weighted by molar-refractivity contribution is 5.90. The predicted octanol–water partition coefficient (Wildman–Crippen LogP) is 1.58. The largest absolute Gasteiger partial charge is 0.338 e. The third-order valence-corrected chi connectivity index (χ3v) is 2.62. The van der Waals surface area contributed by atoms with Crippen molar-refractivity contribution in [2.75, 3.05) is 18.1 Å². The van der Waals surface area contributed by atoms with Crippen LogP contribution < -0.4 is 10.9 Å². The summed E-state index contributed by atoms with van der Waals surface area (Å²) < 4.78 is 0. The van der Waals surface area contributed by atoms with Gasteiger partial charge in [0.25, 0.3) is 0 Å². The first kappa shape index (κ1) is 9.98. The number of carbonyl (C=O) groups is 1. The minimum absolute atomic E-state index is 0.112. The third kappa shape index (κ3) is 2.10. The topological polar surface area (TPSA) is 49.6 Å². The van der Waals surface area contributed by atoms with Gasteiger partial charge < -0.3 is 4.90 Å². The molecule has 1 aliphatic rings. The van der Waals surface area contributed by atoms with Gasteiger partial charge in [-0.25, -0.2) is 15.6 Å². The molecule has 15 heavy (non-hydrogen) atoms. The first-order valence-electron chi connectivity index (χ1n) is 5.18. The van der Waals surface area contributed by atoms with E-state index in [2.05, 4.69) is 0 Å². The summed E-state index contributed by atoms with van der Waals surface area (Å²) >= 11 is 0. The molecule has 0 spiro atoms. The number of anilines is 1. The number of hydrazine groups is 1. The zero-order valence-corrected chi connectivity index (χ0v) is 8.60. The second-order valence-electron chi connectivity index (χ2n) is 3.68. The third-order valence-electron chi connectivity index (χ3n) is 2.62. The average Bonchev–Trinajstić information content (AvgIpc) is 2.82. The van der Waals surface area contributed by atoms with Gasteiger partial charge in [-0.05, 0) is 25.0 Å². The van der Waals surface area contributed by atoms with Gasteiger partial charge in [-0.3, -0.25) is 0 Å². The van der Waals surface area contributed by atoms with Crippen molar-refractivity contribution >= 4 is 11.7 Å². The Bertz CT molecular complexity index is 333. The highest BCUT2D eigenvalue weighted by Crippen LogP contribution is 2.14. The van der Waals surface area contributed by atoms with E-state index in [-0.39, 0.29) is 6.03 Å². The number of benzene rings is 1. The molecule has 0 bridgehead atoms. The van der Waals surface area contributed by atoms with Crippen LogP contribution in [-0.4, -0.2) is 24.0 Å². The summed E-state index contributed by atoms with van der Waals surface area (Å²) in [5.41, 5.74) is 0.731. The van der Waals surface area contributed by atoms with E-state index in [0.29, 0.717) is 0 Å². The van der Waals surface area contributed by atoms with E-state index in [1.54, 1.807) is 4.90 Å². The van der Waals surface area contributed by atoms with Crippen LogP contribution in [0.3, 0.4) is 0 Å². The summed E-state index contributed by atoms with van der Waals surface area (Å²) in [6.07, 6.45) is 2.16. The summed E-state index contributed by atoms with van der Waals surface area (Å²) in [6.45, 7) is 1.64. The van der Waals surface area contributed by atoms with E-state index >= 15 is 0 Å². The maximum Gasteiger partial charge on any atom is 0.338 e. The molecule has 1 aliphatic heterocycles. The van der Waals surface area contributed by atoms with Crippen LogP contribution in [0.5, 0.6) is 0 Å². The summed E-state index contributed by atoms with van der Waals surface area (Å²) in [7, 11) is 0. The molecule has 0 atom stereocenters. The lowest BCUT2D eigenvalue weighted by Gasteiger charge is -2.23. The van der Waals surface area contributed by atoms with E-state index in [0.717, 1.165) is 31.6 Å². The minimum Gasteiger partial charge on any atom is -0.323 e. The molecule has 4 nitrogen and oxygen atoms in total. The van der Waals surface area contributed by atoms with E-state index < -0.39 is 0 Å². The number of hydrogen-bond donors (Lipinski definition) is 1. The summed E-state index contributed by atoms with van der Waals surface area (Å²) in [4.78, 5) is 13.7. The molecule has 1 aromatic carbocycles. The maximum atomic E-state index is 11.9. The molecule has 2 rings (SSSR count). The highest BCUT2D eigenvalue weighted by Gasteiger charge is 2.22. The van der Waals surface area contributed by atoms with Crippen LogP contribution in [0.2, 0.25) is 0 Å². The van der Waals surface area contributed by atoms with Crippen LogP contribution in [0.4, 0.5) is 10.5 Å². The summed E-state index contributed by atoms with van der Waals surface area (Å²) in [6, 6.07) is 9.18. The van der Waals surface area contributed by atoms with Crippen molar-refractivity contribution in [1.82, 2.24) is 4.90 Å². The molecule has 80 valence electrons. The number of hydrogen-bond acceptors (Lipinski definition) is 2. The van der Waals surface area contributed by atoms with Crippen LogP contribution in [0.1, 0.15) is 12.8 Å². The van der Waals surface area contributed by atoms with Crippen LogP contribution in [-0.2, 0) is 0 Å². The van der Waals surface area contributed by atoms with Crippen LogP contribution in [0, 0.1) is 0 Å². The van der Waals surface area contributed by atoms with Crippen molar-refractivity contribution in [3.05, 3.63) is 30.3 Å². The van der Waals surface area contributed by atoms with Gasteiger partial charge in [-0.15, -0.1) is 0 Å². The normalized spacial score (nSPS) is 15.4. The molecule has 0 aliphatic carbocycles. The molecular formula is C11H15N3O. The van der Waals surface area contributed by atoms with Crippen molar-refractivity contribution in [3.8, 4) is 0 Å². The van der Waals surface area contributed by atoms with E-state index in [4.69, 9.17) is 5.84 Å². The Morgan fingerprint density at radius 1 is 1.20 bits per heavy atom. The fourth-order valence-corrected chi connectivity index (χ4v) is 1.76. The fourth-order valence-electron chi connectivity index (χ4n) is 1.76. The number of nitrogens with zero attached hydrogens (tertiary/aromatic N) is 2. The number of likely N-dealkylation sites (tertiary alicyclic amines) is 1. The lowest BCUT2D eigenvalue weighted by atomic mass is 10.3. The lowest BCUT2D eigenvalue weighted by molar-refractivity contribution is 0.215. The molecule has 0 aromatic heterocycles. The zero-order valence-electron chi connectivity index (χ0n) is 8.60. The second-order valence-corrected chi connectivity index (χ2v) is 3.68. The second kappa shape index (κ2) is 4.31. The van der Waals surface area contributed by atoms with Crippen LogP contribution in [0.15, 0.2) is 30.3 Å². The Balaban J connectivity index is 2.07. The molecular weight excluding hydrogens is 190 g/mol. The molecule has 2 N–H and O–H groups in total. The van der Waals surface area contributed by atoms with Gasteiger partial charge >= 0.3 is 6.03 Å². The number of rotatable bonds is 1. The highest BCUT2D eigenvalue weighted by atomic mass is 16.2. The first-order chi connectivity index (χ1) is 7.29. The molecule has 1 fully saturated rings. The van der Waals surface area contributed by atoms with Gasteiger partial charge in [0.1, 0.15) is 0 Å². The molecule has 0 saturated carbocycles. The molecule has 0 radical (unpaired) electrons. The van der Waals surface area contributed by atoms with E-state index in [1.807, 2.05) is 30.3 Å². The van der Waals surface area contributed by atoms with Gasteiger partial charge in [0, 0.05) is 13.1 Å². The van der Waals surface area contributed by atoms with Gasteiger partial charge in [-0.2, -0.15) is 0 Å². The van der Waals surface area contributed by atoms with Crippen molar-refractivity contribution < 1.29 is 4.79 Å². The monoisotopic (exact) mass is 205 g/mol. The van der Waals surface area contributed by atoms with Crippen LogP contribution >= 0.6 is 0 Å². The van der Waals surface area contributed by atoms with Crippen LogP contribution in [0.25, 0.3) is 0 Å². The van der Waals surface area contributed by atoms with Crippen molar-refractivity contribution in [3.63, 3.8) is 0 Å². The number of carbonyl (C=O) groups excluding carboxylic acids is 1. The molecule has 1 saturated heterocycles. The fraction of sp³-hybridized carbons (Fsp3) is 0.364. The van der Waals surface area contributed by atoms with Crippen molar-refractivity contribution in [2.45, 2.75) is 12.8 Å². The van der Waals surface area contributed by atoms with E-state index in [1.165, 1.54) is 5.01 Å². The maximum absolute atomic E-state index is 11.9. The Morgan fingerprint density at radius 3 is 2.40 bits per heavy atom.